The Hall–Kier alpha value is -1.13. The van der Waals surface area contributed by atoms with Crippen LogP contribution in [0.4, 0.5) is 4.39 Å². The van der Waals surface area contributed by atoms with Crippen LogP contribution in [0.15, 0.2) is 18.2 Å². The van der Waals surface area contributed by atoms with Crippen LogP contribution in [0.2, 0.25) is 0 Å². The van der Waals surface area contributed by atoms with Gasteiger partial charge in [-0.05, 0) is 43.0 Å². The van der Waals surface area contributed by atoms with E-state index < -0.39 is 5.82 Å². The van der Waals surface area contributed by atoms with Crippen molar-refractivity contribution in [3.63, 3.8) is 0 Å². The molecule has 0 radical (unpaired) electrons. The first-order valence-corrected chi connectivity index (χ1v) is 5.51. The first kappa shape index (κ1) is 11.4. The van der Waals surface area contributed by atoms with Crippen LogP contribution < -0.4 is 5.32 Å². The number of rotatable bonds is 4. The highest BCUT2D eigenvalue weighted by Gasteiger charge is 2.26. The van der Waals surface area contributed by atoms with E-state index in [1.165, 1.54) is 12.1 Å². The molecular weight excluding hydrogens is 209 g/mol. The average molecular weight is 225 g/mol. The second kappa shape index (κ2) is 4.80. The molecule has 1 aliphatic carbocycles. The highest BCUT2D eigenvalue weighted by molar-refractivity contribution is 5.27. The number of aromatic hydroxyl groups is 1. The number of aliphatic hydroxyl groups excluding tert-OH is 1. The molecule has 0 spiro atoms. The number of hydrogen-bond acceptors (Lipinski definition) is 3. The minimum atomic E-state index is -0.585. The van der Waals surface area contributed by atoms with Gasteiger partial charge in [0.05, 0.1) is 6.10 Å². The maximum atomic E-state index is 13.0. The van der Waals surface area contributed by atoms with Gasteiger partial charge in [-0.2, -0.15) is 0 Å². The molecule has 1 aromatic rings. The average Bonchev–Trinajstić information content (AvgIpc) is 2.21. The molecule has 0 aliphatic heterocycles. The minimum Gasteiger partial charge on any atom is -0.505 e. The molecule has 0 heterocycles. The first-order valence-electron chi connectivity index (χ1n) is 5.51. The maximum absolute atomic E-state index is 13.0. The molecule has 1 aromatic carbocycles. The first-order chi connectivity index (χ1) is 7.65. The van der Waals surface area contributed by atoms with Gasteiger partial charge in [-0.3, -0.25) is 0 Å². The van der Waals surface area contributed by atoms with Gasteiger partial charge in [-0.15, -0.1) is 0 Å². The van der Waals surface area contributed by atoms with Crippen molar-refractivity contribution in [3.8, 4) is 5.75 Å². The van der Waals surface area contributed by atoms with Crippen molar-refractivity contribution in [2.75, 3.05) is 6.54 Å². The maximum Gasteiger partial charge on any atom is 0.165 e. The predicted molar refractivity (Wildman–Crippen MR) is 58.5 cm³/mol. The van der Waals surface area contributed by atoms with Crippen LogP contribution in [0.3, 0.4) is 0 Å². The number of aliphatic hydroxyl groups is 1. The van der Waals surface area contributed by atoms with Gasteiger partial charge < -0.3 is 15.5 Å². The molecule has 3 nitrogen and oxygen atoms in total. The Labute approximate surface area is 93.9 Å². The number of nitrogens with one attached hydrogen (secondary N) is 1. The summed E-state index contributed by atoms with van der Waals surface area (Å²) in [4.78, 5) is 0. The molecule has 0 saturated heterocycles. The molecule has 2 rings (SSSR count). The molecule has 0 unspecified atom stereocenters. The van der Waals surface area contributed by atoms with Crippen molar-refractivity contribution in [1.82, 2.24) is 5.32 Å². The highest BCUT2D eigenvalue weighted by atomic mass is 19.1. The summed E-state index contributed by atoms with van der Waals surface area (Å²) in [5.41, 5.74) is 0.815. The summed E-state index contributed by atoms with van der Waals surface area (Å²) < 4.78 is 13.0. The van der Waals surface area contributed by atoms with Gasteiger partial charge in [0.1, 0.15) is 0 Å². The van der Waals surface area contributed by atoms with Crippen molar-refractivity contribution >= 4 is 0 Å². The van der Waals surface area contributed by atoms with Crippen molar-refractivity contribution in [2.45, 2.75) is 25.5 Å². The summed E-state index contributed by atoms with van der Waals surface area (Å²) >= 11 is 0. The van der Waals surface area contributed by atoms with Gasteiger partial charge in [0.2, 0.25) is 0 Å². The van der Waals surface area contributed by atoms with Gasteiger partial charge in [0.25, 0.3) is 0 Å². The van der Waals surface area contributed by atoms with Gasteiger partial charge in [0.15, 0.2) is 11.6 Å². The van der Waals surface area contributed by atoms with Crippen molar-refractivity contribution in [2.24, 2.45) is 5.92 Å². The standard InChI is InChI=1S/C12H16FNO2/c13-11-5-8(1-2-12(11)16)6-14-7-9-3-10(15)4-9/h1-2,5,9-10,14-16H,3-4,6-7H2. The summed E-state index contributed by atoms with van der Waals surface area (Å²) in [5.74, 6) is -0.360. The van der Waals surface area contributed by atoms with Crippen molar-refractivity contribution in [3.05, 3.63) is 29.6 Å². The molecular formula is C12H16FNO2. The zero-order valence-electron chi connectivity index (χ0n) is 8.99. The lowest BCUT2D eigenvalue weighted by Crippen LogP contribution is -2.35. The van der Waals surface area contributed by atoms with Crippen LogP contribution >= 0.6 is 0 Å². The van der Waals surface area contributed by atoms with E-state index in [2.05, 4.69) is 5.32 Å². The zero-order valence-corrected chi connectivity index (χ0v) is 8.99. The van der Waals surface area contributed by atoms with E-state index in [0.29, 0.717) is 12.5 Å². The molecule has 0 aromatic heterocycles. The molecule has 0 atom stereocenters. The Balaban J connectivity index is 1.74. The van der Waals surface area contributed by atoms with Crippen LogP contribution in [-0.2, 0) is 6.54 Å². The molecule has 1 fully saturated rings. The lowest BCUT2D eigenvalue weighted by Gasteiger charge is -2.31. The van der Waals surface area contributed by atoms with Gasteiger partial charge >= 0.3 is 0 Å². The molecule has 1 aliphatic rings. The van der Waals surface area contributed by atoms with E-state index in [0.717, 1.165) is 24.9 Å². The molecule has 1 saturated carbocycles. The summed E-state index contributed by atoms with van der Waals surface area (Å²) in [6, 6.07) is 4.39. The largest absolute Gasteiger partial charge is 0.505 e. The number of benzene rings is 1. The smallest absolute Gasteiger partial charge is 0.165 e. The van der Waals surface area contributed by atoms with Crippen LogP contribution in [0, 0.1) is 11.7 Å². The Morgan fingerprint density at radius 3 is 2.75 bits per heavy atom. The number of halogens is 1. The van der Waals surface area contributed by atoms with Crippen molar-refractivity contribution < 1.29 is 14.6 Å². The SMILES string of the molecule is Oc1ccc(CNCC2CC(O)C2)cc1F. The molecule has 0 amide bonds. The number of hydrogen-bond donors (Lipinski definition) is 3. The second-order valence-electron chi connectivity index (χ2n) is 4.41. The van der Waals surface area contributed by atoms with Crippen LogP contribution in [0.5, 0.6) is 5.75 Å². The van der Waals surface area contributed by atoms with E-state index in [1.54, 1.807) is 6.07 Å². The fourth-order valence-electron chi connectivity index (χ4n) is 1.95. The summed E-state index contributed by atoms with van der Waals surface area (Å²) in [6.07, 6.45) is 1.59. The van der Waals surface area contributed by atoms with E-state index in [4.69, 9.17) is 10.2 Å². The Morgan fingerprint density at radius 1 is 1.38 bits per heavy atom. The number of phenols is 1. The summed E-state index contributed by atoms with van der Waals surface area (Å²) in [5, 5.41) is 21.3. The van der Waals surface area contributed by atoms with Crippen LogP contribution in [-0.4, -0.2) is 22.9 Å². The Morgan fingerprint density at radius 2 is 2.12 bits per heavy atom. The summed E-state index contributed by atoms with van der Waals surface area (Å²) in [7, 11) is 0. The Bertz CT molecular complexity index is 364. The third-order valence-corrected chi connectivity index (χ3v) is 2.99. The van der Waals surface area contributed by atoms with Gasteiger partial charge in [-0.25, -0.2) is 4.39 Å². The quantitative estimate of drug-likeness (QED) is 0.726. The molecule has 4 heteroatoms. The van der Waals surface area contributed by atoms with Crippen LogP contribution in [0.25, 0.3) is 0 Å². The van der Waals surface area contributed by atoms with Gasteiger partial charge in [0, 0.05) is 6.54 Å². The fourth-order valence-corrected chi connectivity index (χ4v) is 1.95. The molecule has 16 heavy (non-hydrogen) atoms. The topological polar surface area (TPSA) is 52.5 Å². The van der Waals surface area contributed by atoms with Gasteiger partial charge in [-0.1, -0.05) is 6.07 Å². The van der Waals surface area contributed by atoms with E-state index in [1.807, 2.05) is 0 Å². The monoisotopic (exact) mass is 225 g/mol. The molecule has 3 N–H and O–H groups in total. The molecule has 0 bridgehead atoms. The predicted octanol–water partition coefficient (Wildman–Crippen LogP) is 1.39. The van der Waals surface area contributed by atoms with E-state index in [9.17, 15) is 4.39 Å². The summed E-state index contributed by atoms with van der Waals surface area (Å²) in [6.45, 7) is 1.43. The Kier molecular flexibility index (Phi) is 3.41. The minimum absolute atomic E-state index is 0.127. The second-order valence-corrected chi connectivity index (χ2v) is 4.41. The van der Waals surface area contributed by atoms with E-state index >= 15 is 0 Å². The lowest BCUT2D eigenvalue weighted by atomic mass is 9.82. The van der Waals surface area contributed by atoms with E-state index in [-0.39, 0.29) is 11.9 Å². The normalized spacial score (nSPS) is 24.1. The van der Waals surface area contributed by atoms with Crippen LogP contribution in [0.1, 0.15) is 18.4 Å². The fraction of sp³-hybridized carbons (Fsp3) is 0.500. The lowest BCUT2D eigenvalue weighted by molar-refractivity contribution is 0.0430. The highest BCUT2D eigenvalue weighted by Crippen LogP contribution is 2.26. The third kappa shape index (κ3) is 2.71. The molecule has 88 valence electrons. The third-order valence-electron chi connectivity index (χ3n) is 2.99. The van der Waals surface area contributed by atoms with Crippen molar-refractivity contribution in [1.29, 1.82) is 0 Å². The number of phenolic OH excluding ortho intramolecular Hbond substituents is 1. The zero-order chi connectivity index (χ0) is 11.5.